The van der Waals surface area contributed by atoms with E-state index in [9.17, 15) is 4.79 Å². The van der Waals surface area contributed by atoms with Crippen molar-refractivity contribution in [2.24, 2.45) is 5.41 Å². The molecule has 28 heavy (non-hydrogen) atoms. The third-order valence-corrected chi connectivity index (χ3v) is 5.91. The maximum Gasteiger partial charge on any atom is 0.316 e. The number of rotatable bonds is 4. The molecule has 1 atom stereocenters. The number of hydrogen-bond acceptors (Lipinski definition) is 7. The van der Waals surface area contributed by atoms with Crippen molar-refractivity contribution in [1.29, 1.82) is 0 Å². The molecule has 1 saturated carbocycles. The predicted octanol–water partition coefficient (Wildman–Crippen LogP) is 2.88. The molecular weight excluding hydrogens is 356 g/mol. The second-order valence-corrected chi connectivity index (χ2v) is 7.86. The fourth-order valence-electron chi connectivity index (χ4n) is 3.85. The van der Waals surface area contributed by atoms with E-state index in [0.717, 1.165) is 36.8 Å². The largest absolute Gasteiger partial charge is 0.400 e. The van der Waals surface area contributed by atoms with E-state index < -0.39 is 6.04 Å². The number of piperidine rings is 1. The molecule has 3 aromatic rings. The average Bonchev–Trinajstić information content (AvgIpc) is 3.31. The highest BCUT2D eigenvalue weighted by molar-refractivity contribution is 5.84. The number of carbonyl (C=O) groups excluding carboxylic acids is 1. The average molecular weight is 378 g/mol. The van der Waals surface area contributed by atoms with Crippen LogP contribution in [0.3, 0.4) is 0 Å². The molecule has 1 amide bonds. The van der Waals surface area contributed by atoms with Crippen LogP contribution in [0.4, 0.5) is 6.01 Å². The quantitative estimate of drug-likeness (QED) is 0.745. The molecule has 144 valence electrons. The van der Waals surface area contributed by atoms with Gasteiger partial charge in [0.15, 0.2) is 0 Å². The monoisotopic (exact) mass is 378 g/mol. The Morgan fingerprint density at radius 2 is 1.96 bits per heavy atom. The van der Waals surface area contributed by atoms with E-state index in [0.29, 0.717) is 11.2 Å². The van der Waals surface area contributed by atoms with Crippen LogP contribution in [0.5, 0.6) is 0 Å². The lowest BCUT2D eigenvalue weighted by molar-refractivity contribution is -0.133. The molecule has 8 nitrogen and oxygen atoms in total. The summed E-state index contributed by atoms with van der Waals surface area (Å²) in [5.74, 6) is 0.655. The van der Waals surface area contributed by atoms with Gasteiger partial charge in [0.25, 0.3) is 5.89 Å². The van der Waals surface area contributed by atoms with Gasteiger partial charge in [-0.3, -0.25) is 4.79 Å². The first-order chi connectivity index (χ1) is 13.6. The van der Waals surface area contributed by atoms with Gasteiger partial charge in [-0.1, -0.05) is 23.3 Å². The van der Waals surface area contributed by atoms with Gasteiger partial charge in [0, 0.05) is 24.7 Å². The molecule has 8 heteroatoms. The fourth-order valence-corrected chi connectivity index (χ4v) is 3.85. The first-order valence-corrected chi connectivity index (χ1v) is 9.73. The molecule has 0 radical (unpaired) electrons. The number of benzene rings is 1. The fraction of sp³-hybridized carbons (Fsp3) is 0.450. The van der Waals surface area contributed by atoms with E-state index in [4.69, 9.17) is 4.42 Å². The molecule has 2 fully saturated rings. The Labute approximate surface area is 162 Å². The molecular formula is C20H22N6O2. The second kappa shape index (κ2) is 6.54. The Hall–Kier alpha value is -3.03. The van der Waals surface area contributed by atoms with Crippen molar-refractivity contribution in [3.8, 4) is 11.7 Å². The summed E-state index contributed by atoms with van der Waals surface area (Å²) >= 11 is 0. The highest BCUT2D eigenvalue weighted by Gasteiger charge is 2.45. The zero-order valence-corrected chi connectivity index (χ0v) is 15.8. The van der Waals surface area contributed by atoms with Crippen LogP contribution in [0.2, 0.25) is 0 Å². The van der Waals surface area contributed by atoms with E-state index >= 15 is 0 Å². The van der Waals surface area contributed by atoms with Gasteiger partial charge in [0.05, 0.1) is 5.52 Å². The second-order valence-electron chi connectivity index (χ2n) is 7.86. The summed E-state index contributed by atoms with van der Waals surface area (Å²) in [5, 5.41) is 12.0. The van der Waals surface area contributed by atoms with Crippen LogP contribution in [-0.2, 0) is 4.79 Å². The summed E-state index contributed by atoms with van der Waals surface area (Å²) in [6.07, 6.45) is 6.62. The van der Waals surface area contributed by atoms with E-state index in [1.54, 1.807) is 6.20 Å². The Morgan fingerprint density at radius 3 is 2.75 bits per heavy atom. The minimum Gasteiger partial charge on any atom is -0.400 e. The molecule has 0 bridgehead atoms. The number of nitrogens with one attached hydrogen (secondary N) is 1. The van der Waals surface area contributed by atoms with Crippen LogP contribution < -0.4 is 5.32 Å². The molecule has 1 saturated heterocycles. The topological polar surface area (TPSA) is 97.0 Å². The summed E-state index contributed by atoms with van der Waals surface area (Å²) in [5.41, 5.74) is 1.36. The summed E-state index contributed by atoms with van der Waals surface area (Å²) in [6, 6.07) is 7.46. The number of nitrogens with zero attached hydrogens (tertiary/aromatic N) is 5. The lowest BCUT2D eigenvalue weighted by atomic mass is 9.93. The van der Waals surface area contributed by atoms with Crippen LogP contribution in [0, 0.1) is 5.41 Å². The van der Waals surface area contributed by atoms with Gasteiger partial charge >= 0.3 is 6.01 Å². The van der Waals surface area contributed by atoms with Crippen LogP contribution >= 0.6 is 0 Å². The maximum atomic E-state index is 12.7. The van der Waals surface area contributed by atoms with Crippen molar-refractivity contribution in [1.82, 2.24) is 25.1 Å². The molecule has 3 heterocycles. The molecule has 0 unspecified atom stereocenters. The van der Waals surface area contributed by atoms with Gasteiger partial charge in [-0.2, -0.15) is 0 Å². The van der Waals surface area contributed by atoms with Crippen molar-refractivity contribution in [3.63, 3.8) is 0 Å². The van der Waals surface area contributed by atoms with Crippen molar-refractivity contribution < 1.29 is 9.21 Å². The van der Waals surface area contributed by atoms with Crippen molar-refractivity contribution >= 4 is 22.8 Å². The number of aromatic nitrogens is 4. The normalized spacial score (nSPS) is 19.0. The standard InChI is InChI=1S/C20H22N6O2/c1-13(18(27)26-10-8-20(6-7-20)9-11-26)22-19-25-24-17(28-19)16-21-12-14-4-2-3-5-15(14)23-16/h2-5,12-13H,6-11H2,1H3,(H,22,25)/t13-/m1/s1. The summed E-state index contributed by atoms with van der Waals surface area (Å²) in [6.45, 7) is 3.50. The molecule has 5 rings (SSSR count). The van der Waals surface area contributed by atoms with Gasteiger partial charge < -0.3 is 14.6 Å². The number of para-hydroxylation sites is 1. The third-order valence-electron chi connectivity index (χ3n) is 5.91. The Bertz CT molecular complexity index is 1020. The van der Waals surface area contributed by atoms with Crippen LogP contribution in [0.1, 0.15) is 32.6 Å². The molecule has 2 aromatic heterocycles. The van der Waals surface area contributed by atoms with E-state index in [1.165, 1.54) is 12.8 Å². The molecule has 1 aliphatic heterocycles. The van der Waals surface area contributed by atoms with Crippen LogP contribution in [0.25, 0.3) is 22.6 Å². The summed E-state index contributed by atoms with van der Waals surface area (Å²) < 4.78 is 5.64. The Balaban J connectivity index is 1.25. The van der Waals surface area contributed by atoms with Gasteiger partial charge in [-0.05, 0) is 44.1 Å². The smallest absolute Gasteiger partial charge is 0.316 e. The number of carbonyl (C=O) groups is 1. The SMILES string of the molecule is C[C@@H](Nc1nnc(-c2ncc3ccccc3n2)o1)C(=O)N1CCC2(CC1)CC2. The van der Waals surface area contributed by atoms with E-state index in [2.05, 4.69) is 25.5 Å². The minimum absolute atomic E-state index is 0.0669. The van der Waals surface area contributed by atoms with Gasteiger partial charge in [0.1, 0.15) is 6.04 Å². The highest BCUT2D eigenvalue weighted by Crippen LogP contribution is 2.53. The zero-order chi connectivity index (χ0) is 19.1. The Morgan fingerprint density at radius 1 is 1.18 bits per heavy atom. The molecule has 1 aliphatic carbocycles. The lowest BCUT2D eigenvalue weighted by Crippen LogP contribution is -2.45. The van der Waals surface area contributed by atoms with E-state index in [-0.39, 0.29) is 17.8 Å². The molecule has 1 spiro atoms. The van der Waals surface area contributed by atoms with Crippen molar-refractivity contribution in [3.05, 3.63) is 30.5 Å². The first-order valence-electron chi connectivity index (χ1n) is 9.73. The van der Waals surface area contributed by atoms with E-state index in [1.807, 2.05) is 36.1 Å². The van der Waals surface area contributed by atoms with Crippen LogP contribution in [-0.4, -0.2) is 50.1 Å². The summed E-state index contributed by atoms with van der Waals surface area (Å²) in [4.78, 5) is 23.4. The van der Waals surface area contributed by atoms with Gasteiger partial charge in [-0.25, -0.2) is 9.97 Å². The maximum absolute atomic E-state index is 12.7. The van der Waals surface area contributed by atoms with Crippen molar-refractivity contribution in [2.45, 2.75) is 38.6 Å². The number of amides is 1. The number of anilines is 1. The molecule has 1 N–H and O–H groups in total. The van der Waals surface area contributed by atoms with Gasteiger partial charge in [0.2, 0.25) is 11.7 Å². The zero-order valence-electron chi connectivity index (χ0n) is 15.8. The highest BCUT2D eigenvalue weighted by atomic mass is 16.4. The lowest BCUT2D eigenvalue weighted by Gasteiger charge is -2.33. The third kappa shape index (κ3) is 3.19. The first kappa shape index (κ1) is 17.1. The predicted molar refractivity (Wildman–Crippen MR) is 103 cm³/mol. The number of likely N-dealkylation sites (tertiary alicyclic amines) is 1. The number of hydrogen-bond donors (Lipinski definition) is 1. The molecule has 1 aromatic carbocycles. The molecule has 2 aliphatic rings. The van der Waals surface area contributed by atoms with Crippen molar-refractivity contribution in [2.75, 3.05) is 18.4 Å². The Kier molecular flexibility index (Phi) is 3.99. The van der Waals surface area contributed by atoms with Crippen LogP contribution in [0.15, 0.2) is 34.9 Å². The summed E-state index contributed by atoms with van der Waals surface area (Å²) in [7, 11) is 0. The minimum atomic E-state index is -0.431. The number of fused-ring (bicyclic) bond motifs is 1. The van der Waals surface area contributed by atoms with Gasteiger partial charge in [-0.15, -0.1) is 5.10 Å².